The number of furan rings is 1. The highest BCUT2D eigenvalue weighted by atomic mass is 35.5. The lowest BCUT2D eigenvalue weighted by molar-refractivity contribution is -0.402. The molecule has 9 nitrogen and oxygen atoms in total. The molecule has 1 aliphatic rings. The van der Waals surface area contributed by atoms with Gasteiger partial charge in [0.15, 0.2) is 5.76 Å². The number of nitrogens with zero attached hydrogens (tertiary/aromatic N) is 5. The van der Waals surface area contributed by atoms with Crippen molar-refractivity contribution in [2.75, 3.05) is 22.9 Å². The third kappa shape index (κ3) is 4.57. The van der Waals surface area contributed by atoms with E-state index in [0.717, 1.165) is 22.8 Å². The summed E-state index contributed by atoms with van der Waals surface area (Å²) in [5, 5.41) is 13.1. The SMILES string of the molecule is O=C(c1ccc([N+](=O)[O-])o1)N(c1cccc(Cl)c1Cl)C1CCN(c2ncnc3cc(Cl)ccc23)CC1. The lowest BCUT2D eigenvalue weighted by atomic mass is 10.0. The van der Waals surface area contributed by atoms with Gasteiger partial charge in [0.2, 0.25) is 0 Å². The van der Waals surface area contributed by atoms with Gasteiger partial charge in [-0.1, -0.05) is 40.9 Å². The lowest BCUT2D eigenvalue weighted by Crippen LogP contribution is -2.48. The molecule has 0 N–H and O–H groups in total. The van der Waals surface area contributed by atoms with Crippen molar-refractivity contribution in [1.82, 2.24) is 9.97 Å². The molecule has 0 aliphatic carbocycles. The summed E-state index contributed by atoms with van der Waals surface area (Å²) >= 11 is 18.9. The first-order valence-corrected chi connectivity index (χ1v) is 12.1. The van der Waals surface area contributed by atoms with Crippen molar-refractivity contribution < 1.29 is 14.1 Å². The molecule has 4 aromatic rings. The number of amides is 1. The minimum Gasteiger partial charge on any atom is -0.395 e. The third-order valence-corrected chi connectivity index (χ3v) is 7.14. The number of aromatic nitrogens is 2. The Morgan fingerprint density at radius 3 is 2.58 bits per heavy atom. The number of rotatable bonds is 5. The minimum atomic E-state index is -0.689. The van der Waals surface area contributed by atoms with Crippen LogP contribution < -0.4 is 9.80 Å². The van der Waals surface area contributed by atoms with E-state index in [4.69, 9.17) is 39.2 Å². The zero-order valence-electron chi connectivity index (χ0n) is 18.6. The number of hydrogen-bond acceptors (Lipinski definition) is 7. The number of carbonyl (C=O) groups excluding carboxylic acids is 1. The zero-order chi connectivity index (χ0) is 25.4. The van der Waals surface area contributed by atoms with Crippen LogP contribution >= 0.6 is 34.8 Å². The average Bonchev–Trinajstić information content (AvgIpc) is 3.37. The predicted molar refractivity (Wildman–Crippen MR) is 138 cm³/mol. The van der Waals surface area contributed by atoms with Gasteiger partial charge in [-0.15, -0.1) is 0 Å². The van der Waals surface area contributed by atoms with Crippen LogP contribution in [0.2, 0.25) is 15.1 Å². The molecule has 0 saturated carbocycles. The van der Waals surface area contributed by atoms with E-state index in [0.29, 0.717) is 41.7 Å². The van der Waals surface area contributed by atoms with Gasteiger partial charge in [-0.3, -0.25) is 14.9 Å². The van der Waals surface area contributed by atoms with E-state index in [2.05, 4.69) is 14.9 Å². The van der Waals surface area contributed by atoms with E-state index in [1.807, 2.05) is 6.07 Å². The molecular formula is C24H18Cl3N5O4. The minimum absolute atomic E-state index is 0.154. The number of halogens is 3. The molecule has 1 amide bonds. The molecule has 12 heteroatoms. The predicted octanol–water partition coefficient (Wildman–Crippen LogP) is 6.41. The first-order chi connectivity index (χ1) is 17.3. The van der Waals surface area contributed by atoms with Gasteiger partial charge in [0.05, 0.1) is 27.3 Å². The summed E-state index contributed by atoms with van der Waals surface area (Å²) in [5.74, 6) is -0.414. The van der Waals surface area contributed by atoms with Crippen LogP contribution in [0.1, 0.15) is 23.4 Å². The molecule has 2 aromatic carbocycles. The summed E-state index contributed by atoms with van der Waals surface area (Å²) < 4.78 is 5.21. The highest BCUT2D eigenvalue weighted by Gasteiger charge is 2.34. The normalized spacial score (nSPS) is 14.2. The average molecular weight is 547 g/mol. The Morgan fingerprint density at radius 2 is 1.86 bits per heavy atom. The summed E-state index contributed by atoms with van der Waals surface area (Å²) in [6.07, 6.45) is 2.67. The number of piperidine rings is 1. The summed E-state index contributed by atoms with van der Waals surface area (Å²) in [6, 6.07) is 12.7. The lowest BCUT2D eigenvalue weighted by Gasteiger charge is -2.39. The Balaban J connectivity index is 1.45. The number of carbonyl (C=O) groups is 1. The summed E-state index contributed by atoms with van der Waals surface area (Å²) in [4.78, 5) is 36.4. The Morgan fingerprint density at radius 1 is 1.08 bits per heavy atom. The fourth-order valence-electron chi connectivity index (χ4n) is 4.41. The molecule has 0 radical (unpaired) electrons. The number of hydrogen-bond donors (Lipinski definition) is 0. The van der Waals surface area contributed by atoms with Crippen LogP contribution in [0.5, 0.6) is 0 Å². The van der Waals surface area contributed by atoms with Crippen molar-refractivity contribution in [3.8, 4) is 0 Å². The highest BCUT2D eigenvalue weighted by molar-refractivity contribution is 6.44. The number of fused-ring (bicyclic) bond motifs is 1. The van der Waals surface area contributed by atoms with Crippen molar-refractivity contribution in [2.24, 2.45) is 0 Å². The molecular weight excluding hydrogens is 529 g/mol. The van der Waals surface area contributed by atoms with Crippen LogP contribution in [0.3, 0.4) is 0 Å². The van der Waals surface area contributed by atoms with Crippen molar-refractivity contribution in [3.63, 3.8) is 0 Å². The summed E-state index contributed by atoms with van der Waals surface area (Å²) in [7, 11) is 0. The topological polar surface area (TPSA) is 106 Å². The van der Waals surface area contributed by atoms with Gasteiger partial charge in [0.25, 0.3) is 5.91 Å². The fourth-order valence-corrected chi connectivity index (χ4v) is 4.97. The maximum Gasteiger partial charge on any atom is 0.433 e. The van der Waals surface area contributed by atoms with E-state index in [-0.39, 0.29) is 16.8 Å². The Bertz CT molecular complexity index is 1470. The van der Waals surface area contributed by atoms with Gasteiger partial charge in [-0.25, -0.2) is 9.97 Å². The van der Waals surface area contributed by atoms with Crippen molar-refractivity contribution in [2.45, 2.75) is 18.9 Å². The largest absolute Gasteiger partial charge is 0.433 e. The first kappa shape index (κ1) is 24.3. The van der Waals surface area contributed by atoms with Gasteiger partial charge >= 0.3 is 5.88 Å². The van der Waals surface area contributed by atoms with Crippen LogP contribution in [-0.4, -0.2) is 39.9 Å². The monoisotopic (exact) mass is 545 g/mol. The molecule has 36 heavy (non-hydrogen) atoms. The van der Waals surface area contributed by atoms with Crippen LogP contribution in [-0.2, 0) is 0 Å². The van der Waals surface area contributed by atoms with Crippen LogP contribution in [0.25, 0.3) is 10.9 Å². The first-order valence-electron chi connectivity index (χ1n) is 11.0. The number of anilines is 2. The zero-order valence-corrected chi connectivity index (χ0v) is 20.9. The number of nitro groups is 1. The van der Waals surface area contributed by atoms with Crippen LogP contribution in [0.4, 0.5) is 17.4 Å². The van der Waals surface area contributed by atoms with Crippen molar-refractivity contribution in [3.05, 3.63) is 85.8 Å². The van der Waals surface area contributed by atoms with E-state index in [1.54, 1.807) is 30.3 Å². The van der Waals surface area contributed by atoms with Gasteiger partial charge in [-0.05, 0) is 49.2 Å². The van der Waals surface area contributed by atoms with Crippen molar-refractivity contribution in [1.29, 1.82) is 0 Å². The van der Waals surface area contributed by atoms with Crippen molar-refractivity contribution >= 4 is 69.0 Å². The molecule has 1 fully saturated rings. The van der Waals surface area contributed by atoms with E-state index in [9.17, 15) is 14.9 Å². The maximum absolute atomic E-state index is 13.6. The molecule has 1 saturated heterocycles. The molecule has 3 heterocycles. The summed E-state index contributed by atoms with van der Waals surface area (Å²) in [6.45, 7) is 1.19. The molecule has 0 unspecified atom stereocenters. The highest BCUT2D eigenvalue weighted by Crippen LogP contribution is 2.37. The maximum atomic E-state index is 13.6. The van der Waals surface area contributed by atoms with E-state index < -0.39 is 16.7 Å². The second-order valence-corrected chi connectivity index (χ2v) is 9.44. The molecule has 5 rings (SSSR count). The molecule has 2 aromatic heterocycles. The standard InChI is InChI=1S/C24H18Cl3N5O4/c25-14-4-5-16-18(12-14)28-13-29-23(16)30-10-8-15(9-11-30)31(19-3-1-2-17(26)22(19)27)24(33)20-6-7-21(36-20)32(34)35/h1-7,12-13,15H,8-11H2. The van der Waals surface area contributed by atoms with Crippen LogP contribution in [0.15, 0.2) is 59.3 Å². The van der Waals surface area contributed by atoms with E-state index in [1.165, 1.54) is 17.3 Å². The quantitative estimate of drug-likeness (QED) is 0.210. The number of benzene rings is 2. The summed E-state index contributed by atoms with van der Waals surface area (Å²) in [5.41, 5.74) is 1.16. The third-order valence-electron chi connectivity index (χ3n) is 6.10. The second kappa shape index (κ2) is 9.93. The Labute approximate surface area is 220 Å². The Hall–Kier alpha value is -3.40. The molecule has 0 bridgehead atoms. The van der Waals surface area contributed by atoms with Gasteiger partial charge in [0, 0.05) is 29.5 Å². The molecule has 1 aliphatic heterocycles. The van der Waals surface area contributed by atoms with Crippen LogP contribution in [0, 0.1) is 10.1 Å². The smallest absolute Gasteiger partial charge is 0.395 e. The second-order valence-electron chi connectivity index (χ2n) is 8.22. The van der Waals surface area contributed by atoms with Gasteiger partial charge in [0.1, 0.15) is 17.1 Å². The molecule has 0 spiro atoms. The molecule has 184 valence electrons. The fraction of sp³-hybridized carbons (Fsp3) is 0.208. The van der Waals surface area contributed by atoms with Gasteiger partial charge in [-0.2, -0.15) is 0 Å². The van der Waals surface area contributed by atoms with E-state index >= 15 is 0 Å². The van der Waals surface area contributed by atoms with Gasteiger partial charge < -0.3 is 14.2 Å². The molecule has 0 atom stereocenters. The Kier molecular flexibility index (Phi) is 6.70.